The first kappa shape index (κ1) is 17.3. The van der Waals surface area contributed by atoms with Crippen LogP contribution >= 0.6 is 0 Å². The number of anilines is 1. The van der Waals surface area contributed by atoms with Gasteiger partial charge in [0, 0.05) is 24.7 Å². The number of nitrogens with one attached hydrogen (secondary N) is 2. The topological polar surface area (TPSA) is 88.8 Å². The van der Waals surface area contributed by atoms with Gasteiger partial charge >= 0.3 is 0 Å². The Morgan fingerprint density at radius 3 is 2.89 bits per heavy atom. The predicted molar refractivity (Wildman–Crippen MR) is 107 cm³/mol. The highest BCUT2D eigenvalue weighted by Gasteiger charge is 2.16. The van der Waals surface area contributed by atoms with Gasteiger partial charge in [0.1, 0.15) is 30.2 Å². The molecule has 2 aromatic heterocycles. The number of fused-ring (bicyclic) bond motifs is 1. The summed E-state index contributed by atoms with van der Waals surface area (Å²) in [4.78, 5) is 12.2. The van der Waals surface area contributed by atoms with E-state index in [4.69, 9.17) is 10.5 Å². The Bertz CT molecular complexity index is 961. The van der Waals surface area contributed by atoms with E-state index in [1.165, 1.54) is 5.56 Å². The van der Waals surface area contributed by atoms with Crippen LogP contribution < -0.4 is 11.1 Å². The van der Waals surface area contributed by atoms with Crippen LogP contribution in [0.2, 0.25) is 0 Å². The zero-order valence-corrected chi connectivity index (χ0v) is 15.1. The largest absolute Gasteiger partial charge is 0.493 e. The minimum Gasteiger partial charge on any atom is -0.493 e. The van der Waals surface area contributed by atoms with Crippen LogP contribution in [0.5, 0.6) is 0 Å². The van der Waals surface area contributed by atoms with E-state index in [-0.39, 0.29) is 5.92 Å². The zero-order valence-electron chi connectivity index (χ0n) is 15.1. The number of hydrogen-bond acceptors (Lipinski definition) is 5. The first-order chi connectivity index (χ1) is 13.3. The third-order valence-electron chi connectivity index (χ3n) is 4.60. The van der Waals surface area contributed by atoms with Gasteiger partial charge in [0.2, 0.25) is 0 Å². The first-order valence-electron chi connectivity index (χ1n) is 9.16. The third-order valence-corrected chi connectivity index (χ3v) is 4.60. The van der Waals surface area contributed by atoms with Gasteiger partial charge in [-0.3, -0.25) is 0 Å². The van der Waals surface area contributed by atoms with Gasteiger partial charge in [0.25, 0.3) is 0 Å². The lowest BCUT2D eigenvalue weighted by atomic mass is 9.96. The lowest BCUT2D eigenvalue weighted by Crippen LogP contribution is -2.09. The molecule has 4 N–H and O–H groups in total. The van der Waals surface area contributed by atoms with Crippen LogP contribution in [0.25, 0.3) is 11.0 Å². The summed E-state index contributed by atoms with van der Waals surface area (Å²) in [5.74, 6) is 2.00. The molecular formula is C21H23N5O. The molecule has 6 heteroatoms. The number of nitrogens with two attached hydrogens (primary N) is 1. The highest BCUT2D eigenvalue weighted by Crippen LogP contribution is 2.30. The highest BCUT2D eigenvalue weighted by molar-refractivity contribution is 5.87. The Balaban J connectivity index is 1.50. The molecule has 1 aliphatic carbocycles. The van der Waals surface area contributed by atoms with E-state index in [1.807, 2.05) is 24.3 Å². The molecule has 27 heavy (non-hydrogen) atoms. The number of aromatic nitrogens is 3. The smallest absolute Gasteiger partial charge is 0.143 e. The summed E-state index contributed by atoms with van der Waals surface area (Å²) in [6.45, 7) is 1.79. The normalized spacial score (nSPS) is 16.3. The lowest BCUT2D eigenvalue weighted by Gasteiger charge is -2.15. The van der Waals surface area contributed by atoms with Crippen LogP contribution in [0.15, 0.2) is 66.7 Å². The Morgan fingerprint density at radius 2 is 2.11 bits per heavy atom. The maximum Gasteiger partial charge on any atom is 0.143 e. The minimum atomic E-state index is 0.270. The average molecular weight is 361 g/mol. The zero-order chi connectivity index (χ0) is 18.5. The van der Waals surface area contributed by atoms with E-state index < -0.39 is 0 Å². The molecule has 0 spiro atoms. The van der Waals surface area contributed by atoms with Crippen LogP contribution in [-0.4, -0.2) is 28.1 Å². The summed E-state index contributed by atoms with van der Waals surface area (Å²) >= 11 is 0. The van der Waals surface area contributed by atoms with Crippen molar-refractivity contribution in [3.05, 3.63) is 78.0 Å². The van der Waals surface area contributed by atoms with Crippen LogP contribution in [0.4, 0.5) is 5.82 Å². The summed E-state index contributed by atoms with van der Waals surface area (Å²) in [5, 5.41) is 4.42. The number of nitrogens with zero attached hydrogens (tertiary/aromatic N) is 2. The van der Waals surface area contributed by atoms with E-state index in [0.29, 0.717) is 13.2 Å². The summed E-state index contributed by atoms with van der Waals surface area (Å²) < 4.78 is 5.58. The van der Waals surface area contributed by atoms with Gasteiger partial charge in [-0.25, -0.2) is 9.97 Å². The molecule has 2 heterocycles. The molecule has 3 aromatic rings. The second kappa shape index (κ2) is 8.05. The first-order valence-corrected chi connectivity index (χ1v) is 9.16. The molecular weight excluding hydrogens is 338 g/mol. The maximum absolute atomic E-state index is 5.58. The highest BCUT2D eigenvalue weighted by atomic mass is 16.5. The van der Waals surface area contributed by atoms with Crippen molar-refractivity contribution < 1.29 is 4.74 Å². The molecule has 1 unspecified atom stereocenters. The van der Waals surface area contributed by atoms with Crippen molar-refractivity contribution >= 4 is 16.9 Å². The van der Waals surface area contributed by atoms with Gasteiger partial charge in [-0.2, -0.15) is 0 Å². The van der Waals surface area contributed by atoms with Gasteiger partial charge in [-0.05, 0) is 30.2 Å². The molecule has 6 nitrogen and oxygen atoms in total. The quantitative estimate of drug-likeness (QED) is 0.600. The fraction of sp³-hybridized carbons (Fsp3) is 0.238. The summed E-state index contributed by atoms with van der Waals surface area (Å²) in [7, 11) is 0. The molecule has 0 aliphatic heterocycles. The van der Waals surface area contributed by atoms with Crippen molar-refractivity contribution in [2.75, 3.05) is 18.5 Å². The Labute approximate surface area is 158 Å². The standard InChI is InChI=1S/C21H23N5O/c22-10-11-27-17-8-6-16(7-9-17)19-12-18-20(24-14-25-21(18)26-19)23-13-15-4-2-1-3-5-15/h1-6,8-9,12,14,16H,7,10-11,13,22H2,(H2,23,24,25,26). The fourth-order valence-electron chi connectivity index (χ4n) is 3.20. The SMILES string of the molecule is NCCOC1=CCC(c2cc3c(NCc4ccccc4)ncnc3[nH]2)C=C1. The predicted octanol–water partition coefficient (Wildman–Crippen LogP) is 3.47. The lowest BCUT2D eigenvalue weighted by molar-refractivity contribution is 0.231. The summed E-state index contributed by atoms with van der Waals surface area (Å²) in [6.07, 6.45) is 8.73. The number of aromatic amines is 1. The van der Waals surface area contributed by atoms with E-state index in [0.717, 1.165) is 41.3 Å². The minimum absolute atomic E-state index is 0.270. The molecule has 0 saturated heterocycles. The average Bonchev–Trinajstić information content (AvgIpc) is 3.17. The number of hydrogen-bond donors (Lipinski definition) is 3. The molecule has 0 radical (unpaired) electrons. The summed E-state index contributed by atoms with van der Waals surface area (Å²) in [5.41, 5.74) is 8.67. The van der Waals surface area contributed by atoms with Crippen LogP contribution in [-0.2, 0) is 11.3 Å². The van der Waals surface area contributed by atoms with Crippen LogP contribution in [0.3, 0.4) is 0 Å². The molecule has 138 valence electrons. The number of H-pyrrole nitrogens is 1. The van der Waals surface area contributed by atoms with Gasteiger partial charge in [0.15, 0.2) is 0 Å². The van der Waals surface area contributed by atoms with Crippen LogP contribution in [0, 0.1) is 0 Å². The molecule has 1 aromatic carbocycles. The molecule has 1 atom stereocenters. The number of benzene rings is 1. The van der Waals surface area contributed by atoms with Gasteiger partial charge < -0.3 is 20.8 Å². The van der Waals surface area contributed by atoms with Gasteiger partial charge in [-0.1, -0.05) is 36.4 Å². The number of rotatable bonds is 7. The molecule has 0 saturated carbocycles. The van der Waals surface area contributed by atoms with Crippen molar-refractivity contribution in [1.82, 2.24) is 15.0 Å². The molecule has 0 amide bonds. The number of allylic oxidation sites excluding steroid dienone is 3. The monoisotopic (exact) mass is 361 g/mol. The number of ether oxygens (including phenoxy) is 1. The second-order valence-electron chi connectivity index (χ2n) is 6.49. The van der Waals surface area contributed by atoms with Crippen molar-refractivity contribution in [3.8, 4) is 0 Å². The van der Waals surface area contributed by atoms with Crippen molar-refractivity contribution in [3.63, 3.8) is 0 Å². The van der Waals surface area contributed by atoms with Crippen molar-refractivity contribution in [2.45, 2.75) is 18.9 Å². The van der Waals surface area contributed by atoms with Gasteiger partial charge in [0.05, 0.1) is 5.39 Å². The Morgan fingerprint density at radius 1 is 1.22 bits per heavy atom. The maximum atomic E-state index is 5.58. The van der Waals surface area contributed by atoms with E-state index in [1.54, 1.807) is 6.33 Å². The third kappa shape index (κ3) is 4.01. The van der Waals surface area contributed by atoms with Crippen LogP contribution in [0.1, 0.15) is 23.6 Å². The summed E-state index contributed by atoms with van der Waals surface area (Å²) in [6, 6.07) is 12.4. The Kier molecular flexibility index (Phi) is 5.16. The van der Waals surface area contributed by atoms with E-state index >= 15 is 0 Å². The Hall–Kier alpha value is -3.12. The van der Waals surface area contributed by atoms with Crippen molar-refractivity contribution in [1.29, 1.82) is 0 Å². The fourth-order valence-corrected chi connectivity index (χ4v) is 3.20. The molecule has 0 bridgehead atoms. The molecule has 1 aliphatic rings. The van der Waals surface area contributed by atoms with Gasteiger partial charge in [-0.15, -0.1) is 0 Å². The van der Waals surface area contributed by atoms with Crippen molar-refractivity contribution in [2.24, 2.45) is 5.73 Å². The van der Waals surface area contributed by atoms with E-state index in [9.17, 15) is 0 Å². The second-order valence-corrected chi connectivity index (χ2v) is 6.49. The molecule has 4 rings (SSSR count). The van der Waals surface area contributed by atoms with E-state index in [2.05, 4.69) is 50.6 Å². The molecule has 0 fully saturated rings.